The highest BCUT2D eigenvalue weighted by Crippen LogP contribution is 2.45. The molecule has 96 valence electrons. The Morgan fingerprint density at radius 3 is 2.88 bits per heavy atom. The van der Waals surface area contributed by atoms with Gasteiger partial charge < -0.3 is 5.11 Å². The first-order chi connectivity index (χ1) is 8.01. The van der Waals surface area contributed by atoms with Gasteiger partial charge in [-0.1, -0.05) is 20.3 Å². The molecule has 1 aromatic heterocycles. The lowest BCUT2D eigenvalue weighted by molar-refractivity contribution is -0.0246. The second kappa shape index (κ2) is 5.41. The second-order valence-electron chi connectivity index (χ2n) is 5.76. The van der Waals surface area contributed by atoms with Crippen molar-refractivity contribution in [3.05, 3.63) is 20.8 Å². The minimum absolute atomic E-state index is 0.587. The summed E-state index contributed by atoms with van der Waals surface area (Å²) in [7, 11) is 0. The highest BCUT2D eigenvalue weighted by atomic mass is 79.9. The van der Waals surface area contributed by atoms with Crippen LogP contribution < -0.4 is 0 Å². The Morgan fingerprint density at radius 1 is 1.53 bits per heavy atom. The summed E-state index contributed by atoms with van der Waals surface area (Å²) in [5.41, 5.74) is 0.521. The maximum absolute atomic E-state index is 10.9. The predicted molar refractivity (Wildman–Crippen MR) is 77.3 cm³/mol. The van der Waals surface area contributed by atoms with Gasteiger partial charge in [-0.05, 0) is 58.8 Å². The maximum atomic E-state index is 10.9. The fourth-order valence-corrected chi connectivity index (χ4v) is 4.85. The van der Waals surface area contributed by atoms with E-state index in [-0.39, 0.29) is 0 Å². The summed E-state index contributed by atoms with van der Waals surface area (Å²) >= 11 is 5.22. The van der Waals surface area contributed by atoms with Crippen LogP contribution in [0.15, 0.2) is 15.2 Å². The Kier molecular flexibility index (Phi) is 4.32. The van der Waals surface area contributed by atoms with E-state index < -0.39 is 5.60 Å². The molecule has 1 heterocycles. The van der Waals surface area contributed by atoms with Crippen LogP contribution in [-0.2, 0) is 5.60 Å². The Hall–Kier alpha value is 0.140. The van der Waals surface area contributed by atoms with Gasteiger partial charge in [-0.25, -0.2) is 0 Å². The molecule has 2 atom stereocenters. The SMILES string of the molecule is CC(C)CC1CCCC(O)(c2cscc2Br)C1. The van der Waals surface area contributed by atoms with Crippen molar-refractivity contribution in [2.75, 3.05) is 0 Å². The molecule has 1 fully saturated rings. The minimum Gasteiger partial charge on any atom is -0.385 e. The summed E-state index contributed by atoms with van der Waals surface area (Å²) in [6.45, 7) is 4.54. The fourth-order valence-electron chi connectivity index (χ4n) is 3.09. The zero-order chi connectivity index (χ0) is 12.5. The largest absolute Gasteiger partial charge is 0.385 e. The third kappa shape index (κ3) is 3.12. The maximum Gasteiger partial charge on any atom is 0.0918 e. The molecule has 0 bridgehead atoms. The highest BCUT2D eigenvalue weighted by molar-refractivity contribution is 9.10. The molecule has 1 N–H and O–H groups in total. The van der Waals surface area contributed by atoms with Gasteiger partial charge in [0.05, 0.1) is 5.60 Å². The third-order valence-electron chi connectivity index (χ3n) is 3.75. The summed E-state index contributed by atoms with van der Waals surface area (Å²) < 4.78 is 1.08. The first-order valence-electron chi connectivity index (χ1n) is 6.46. The molecule has 1 nitrogen and oxygen atoms in total. The van der Waals surface area contributed by atoms with E-state index in [1.165, 1.54) is 12.8 Å². The number of hydrogen-bond donors (Lipinski definition) is 1. The van der Waals surface area contributed by atoms with Crippen LogP contribution in [0.1, 0.15) is 51.5 Å². The molecule has 0 spiro atoms. The monoisotopic (exact) mass is 316 g/mol. The Bertz CT molecular complexity index is 374. The van der Waals surface area contributed by atoms with Crippen molar-refractivity contribution < 1.29 is 5.11 Å². The fraction of sp³-hybridized carbons (Fsp3) is 0.714. The number of hydrogen-bond acceptors (Lipinski definition) is 2. The van der Waals surface area contributed by atoms with E-state index in [0.717, 1.165) is 35.2 Å². The van der Waals surface area contributed by atoms with Crippen LogP contribution in [-0.4, -0.2) is 5.11 Å². The van der Waals surface area contributed by atoms with Crippen molar-refractivity contribution in [2.45, 2.75) is 51.6 Å². The lowest BCUT2D eigenvalue weighted by atomic mass is 9.73. The quantitative estimate of drug-likeness (QED) is 0.837. The molecule has 2 unspecified atom stereocenters. The lowest BCUT2D eigenvalue weighted by Gasteiger charge is -2.37. The zero-order valence-corrected chi connectivity index (χ0v) is 13.0. The van der Waals surface area contributed by atoms with Gasteiger partial charge in [-0.3, -0.25) is 0 Å². The van der Waals surface area contributed by atoms with Crippen LogP contribution in [0.4, 0.5) is 0 Å². The standard InChI is InChI=1S/C14H21BrOS/c1-10(2)6-11-4-3-5-14(16,7-11)12-8-17-9-13(12)15/h8-11,16H,3-7H2,1-2H3. The molecule has 0 aromatic carbocycles. The first-order valence-corrected chi connectivity index (χ1v) is 8.19. The zero-order valence-electron chi connectivity index (χ0n) is 10.6. The van der Waals surface area contributed by atoms with Gasteiger partial charge in [0.15, 0.2) is 0 Å². The smallest absolute Gasteiger partial charge is 0.0918 e. The molecule has 1 aliphatic rings. The molecule has 17 heavy (non-hydrogen) atoms. The molecule has 0 saturated heterocycles. The van der Waals surface area contributed by atoms with E-state index in [4.69, 9.17) is 0 Å². The number of halogens is 1. The third-order valence-corrected chi connectivity index (χ3v) is 5.45. The number of rotatable bonds is 3. The normalized spacial score (nSPS) is 29.8. The molecular weight excluding hydrogens is 296 g/mol. The Morgan fingerprint density at radius 2 is 2.29 bits per heavy atom. The van der Waals surface area contributed by atoms with E-state index in [1.807, 2.05) is 0 Å². The second-order valence-corrected chi connectivity index (χ2v) is 7.35. The number of thiophene rings is 1. The molecule has 3 heteroatoms. The van der Waals surface area contributed by atoms with E-state index in [9.17, 15) is 5.11 Å². The Balaban J connectivity index is 2.12. The molecular formula is C14H21BrOS. The molecule has 1 saturated carbocycles. The molecule has 1 aromatic rings. The Labute approximate surface area is 116 Å². The summed E-state index contributed by atoms with van der Waals surface area (Å²) in [4.78, 5) is 0. The van der Waals surface area contributed by atoms with E-state index in [2.05, 4.69) is 40.5 Å². The van der Waals surface area contributed by atoms with Gasteiger partial charge in [0.25, 0.3) is 0 Å². The van der Waals surface area contributed by atoms with Gasteiger partial charge in [-0.15, -0.1) is 0 Å². The van der Waals surface area contributed by atoms with Gasteiger partial charge in [0.1, 0.15) is 0 Å². The molecule has 2 rings (SSSR count). The van der Waals surface area contributed by atoms with Crippen molar-refractivity contribution in [2.24, 2.45) is 11.8 Å². The van der Waals surface area contributed by atoms with E-state index >= 15 is 0 Å². The average Bonchev–Trinajstić information content (AvgIpc) is 2.64. The molecule has 0 aliphatic heterocycles. The van der Waals surface area contributed by atoms with E-state index in [1.54, 1.807) is 11.3 Å². The van der Waals surface area contributed by atoms with Crippen molar-refractivity contribution in [3.63, 3.8) is 0 Å². The topological polar surface area (TPSA) is 20.2 Å². The molecule has 1 aliphatic carbocycles. The van der Waals surface area contributed by atoms with Crippen LogP contribution in [0.3, 0.4) is 0 Å². The number of aliphatic hydroxyl groups is 1. The van der Waals surface area contributed by atoms with Crippen LogP contribution in [0.2, 0.25) is 0 Å². The predicted octanol–water partition coefficient (Wildman–Crippen LogP) is 4.93. The summed E-state index contributed by atoms with van der Waals surface area (Å²) in [6, 6.07) is 0. The van der Waals surface area contributed by atoms with Crippen molar-refractivity contribution >= 4 is 27.3 Å². The summed E-state index contributed by atoms with van der Waals surface area (Å²) in [6.07, 6.45) is 5.51. The van der Waals surface area contributed by atoms with Crippen LogP contribution in [0.5, 0.6) is 0 Å². The van der Waals surface area contributed by atoms with Crippen LogP contribution in [0, 0.1) is 11.8 Å². The van der Waals surface area contributed by atoms with Crippen LogP contribution in [0.25, 0.3) is 0 Å². The van der Waals surface area contributed by atoms with Crippen LogP contribution >= 0.6 is 27.3 Å². The molecule has 0 amide bonds. The summed E-state index contributed by atoms with van der Waals surface area (Å²) in [5, 5.41) is 15.0. The molecule has 0 radical (unpaired) electrons. The van der Waals surface area contributed by atoms with Gasteiger partial charge in [0.2, 0.25) is 0 Å². The van der Waals surface area contributed by atoms with Crippen molar-refractivity contribution in [1.29, 1.82) is 0 Å². The summed E-state index contributed by atoms with van der Waals surface area (Å²) in [5.74, 6) is 1.41. The highest BCUT2D eigenvalue weighted by Gasteiger charge is 2.37. The van der Waals surface area contributed by atoms with Crippen molar-refractivity contribution in [3.8, 4) is 0 Å². The van der Waals surface area contributed by atoms with Crippen molar-refractivity contribution in [1.82, 2.24) is 0 Å². The van der Waals surface area contributed by atoms with Gasteiger partial charge >= 0.3 is 0 Å². The van der Waals surface area contributed by atoms with E-state index in [0.29, 0.717) is 5.92 Å². The lowest BCUT2D eigenvalue weighted by Crippen LogP contribution is -2.33. The van der Waals surface area contributed by atoms with Gasteiger partial charge in [-0.2, -0.15) is 11.3 Å². The average molecular weight is 317 g/mol. The van der Waals surface area contributed by atoms with Gasteiger partial charge in [0, 0.05) is 15.4 Å². The first kappa shape index (κ1) is 13.6. The minimum atomic E-state index is -0.587.